The highest BCUT2D eigenvalue weighted by molar-refractivity contribution is 6.04. The molecule has 2 heterocycles. The summed E-state index contributed by atoms with van der Waals surface area (Å²) >= 11 is 0. The second-order valence-electron chi connectivity index (χ2n) is 9.10. The van der Waals surface area contributed by atoms with E-state index in [1.54, 1.807) is 29.2 Å². The first kappa shape index (κ1) is 21.7. The minimum absolute atomic E-state index is 0.0103. The van der Waals surface area contributed by atoms with E-state index in [1.807, 2.05) is 32.0 Å². The van der Waals surface area contributed by atoms with Gasteiger partial charge in [0.15, 0.2) is 11.5 Å². The molecule has 168 valence electrons. The van der Waals surface area contributed by atoms with Gasteiger partial charge in [-0.3, -0.25) is 9.59 Å². The molecular weight excluding hydrogens is 408 g/mol. The van der Waals surface area contributed by atoms with Gasteiger partial charge in [-0.2, -0.15) is 0 Å². The molecule has 0 radical (unpaired) electrons. The van der Waals surface area contributed by atoms with Crippen LogP contribution >= 0.6 is 0 Å². The van der Waals surface area contributed by atoms with E-state index in [2.05, 4.69) is 19.2 Å². The summed E-state index contributed by atoms with van der Waals surface area (Å²) in [5, 5.41) is 2.87. The van der Waals surface area contributed by atoms with Crippen LogP contribution in [-0.2, 0) is 9.59 Å². The third-order valence-electron chi connectivity index (χ3n) is 5.30. The Morgan fingerprint density at radius 3 is 2.62 bits per heavy atom. The minimum atomic E-state index is -0.634. The number of carbonyl (C=O) groups excluding carboxylic acids is 2. The standard InChI is InChI=1S/C25H28N2O5/c1-16(2)13-27-19-12-18(7-9-20(19)30-14-25(3,4)24(27)29)26-23(28)10-6-17-5-8-21-22(11-17)32-15-31-21/h5-12,16H,13-15H2,1-4H3,(H,26,28)/b10-6+. The number of carbonyl (C=O) groups is 2. The van der Waals surface area contributed by atoms with Gasteiger partial charge in [-0.05, 0) is 61.7 Å². The van der Waals surface area contributed by atoms with Crippen molar-refractivity contribution in [2.24, 2.45) is 11.3 Å². The minimum Gasteiger partial charge on any atom is -0.490 e. The Morgan fingerprint density at radius 1 is 1.09 bits per heavy atom. The number of ether oxygens (including phenoxy) is 3. The van der Waals surface area contributed by atoms with E-state index in [9.17, 15) is 9.59 Å². The van der Waals surface area contributed by atoms with Gasteiger partial charge in [0, 0.05) is 18.3 Å². The summed E-state index contributed by atoms with van der Waals surface area (Å²) in [6, 6.07) is 10.9. The van der Waals surface area contributed by atoms with E-state index < -0.39 is 5.41 Å². The second-order valence-corrected chi connectivity index (χ2v) is 9.10. The normalized spacial score (nSPS) is 16.7. The number of hydrogen-bond acceptors (Lipinski definition) is 5. The van der Waals surface area contributed by atoms with E-state index in [0.29, 0.717) is 41.8 Å². The van der Waals surface area contributed by atoms with Crippen molar-refractivity contribution in [2.75, 3.05) is 30.2 Å². The van der Waals surface area contributed by atoms with Crippen LogP contribution in [0.5, 0.6) is 17.2 Å². The molecule has 2 amide bonds. The molecule has 0 fully saturated rings. The maximum Gasteiger partial charge on any atom is 0.248 e. The van der Waals surface area contributed by atoms with Crippen molar-refractivity contribution in [3.8, 4) is 17.2 Å². The zero-order valence-electron chi connectivity index (χ0n) is 18.8. The Hall–Kier alpha value is -3.48. The molecule has 2 aliphatic heterocycles. The van der Waals surface area contributed by atoms with Gasteiger partial charge in [-0.1, -0.05) is 19.9 Å². The third-order valence-corrected chi connectivity index (χ3v) is 5.30. The van der Waals surface area contributed by atoms with Gasteiger partial charge < -0.3 is 24.4 Å². The first-order chi connectivity index (χ1) is 15.2. The molecule has 7 nitrogen and oxygen atoms in total. The molecule has 0 atom stereocenters. The van der Waals surface area contributed by atoms with Gasteiger partial charge in [0.2, 0.25) is 18.6 Å². The van der Waals surface area contributed by atoms with Crippen LogP contribution in [-0.4, -0.2) is 31.8 Å². The molecule has 0 spiro atoms. The molecule has 1 N–H and O–H groups in total. The lowest BCUT2D eigenvalue weighted by molar-refractivity contribution is -0.127. The van der Waals surface area contributed by atoms with Gasteiger partial charge in [0.1, 0.15) is 12.4 Å². The van der Waals surface area contributed by atoms with Gasteiger partial charge in [0.05, 0.1) is 11.1 Å². The van der Waals surface area contributed by atoms with Crippen LogP contribution < -0.4 is 24.4 Å². The summed E-state index contributed by atoms with van der Waals surface area (Å²) in [4.78, 5) is 27.5. The number of anilines is 2. The fraction of sp³-hybridized carbons (Fsp3) is 0.360. The van der Waals surface area contributed by atoms with Crippen LogP contribution in [0.1, 0.15) is 33.3 Å². The predicted octanol–water partition coefficient (Wildman–Crippen LogP) is 4.47. The van der Waals surface area contributed by atoms with Crippen LogP contribution in [0, 0.1) is 11.3 Å². The Bertz CT molecular complexity index is 1070. The van der Waals surface area contributed by atoms with Crippen molar-refractivity contribution in [1.29, 1.82) is 0 Å². The summed E-state index contributed by atoms with van der Waals surface area (Å²) in [5.41, 5.74) is 1.46. The highest BCUT2D eigenvalue weighted by atomic mass is 16.7. The molecule has 2 aromatic rings. The van der Waals surface area contributed by atoms with Crippen LogP contribution in [0.15, 0.2) is 42.5 Å². The molecule has 0 unspecified atom stereocenters. The SMILES string of the molecule is CC(C)CN1C(=O)C(C)(C)COc2ccc(NC(=O)/C=C/c3ccc4c(c3)OCO4)cc21. The molecule has 32 heavy (non-hydrogen) atoms. The maximum atomic E-state index is 13.2. The number of amides is 2. The average Bonchev–Trinajstić information content (AvgIpc) is 3.19. The summed E-state index contributed by atoms with van der Waals surface area (Å²) in [7, 11) is 0. The van der Waals surface area contributed by atoms with Gasteiger partial charge in [0.25, 0.3) is 0 Å². The Morgan fingerprint density at radius 2 is 1.84 bits per heavy atom. The zero-order chi connectivity index (χ0) is 22.9. The highest BCUT2D eigenvalue weighted by Gasteiger charge is 2.38. The molecule has 7 heteroatoms. The fourth-order valence-electron chi connectivity index (χ4n) is 3.64. The van der Waals surface area contributed by atoms with E-state index in [-0.39, 0.29) is 24.5 Å². The van der Waals surface area contributed by atoms with Crippen LogP contribution in [0.2, 0.25) is 0 Å². The third kappa shape index (κ3) is 4.56. The predicted molar refractivity (Wildman–Crippen MR) is 123 cm³/mol. The van der Waals surface area contributed by atoms with Crippen molar-refractivity contribution in [2.45, 2.75) is 27.7 Å². The molecule has 0 saturated carbocycles. The number of nitrogens with zero attached hydrogens (tertiary/aromatic N) is 1. The molecule has 0 saturated heterocycles. The van der Waals surface area contributed by atoms with Crippen LogP contribution in [0.25, 0.3) is 6.08 Å². The van der Waals surface area contributed by atoms with Crippen molar-refractivity contribution < 1.29 is 23.8 Å². The average molecular weight is 437 g/mol. The summed E-state index contributed by atoms with van der Waals surface area (Å²) in [6.45, 7) is 8.99. The number of benzene rings is 2. The Balaban J connectivity index is 1.53. The van der Waals surface area contributed by atoms with Gasteiger partial charge >= 0.3 is 0 Å². The lowest BCUT2D eigenvalue weighted by Gasteiger charge is -2.29. The van der Waals surface area contributed by atoms with Gasteiger partial charge in [-0.25, -0.2) is 0 Å². The first-order valence-corrected chi connectivity index (χ1v) is 10.7. The molecular formula is C25H28N2O5. The Kier molecular flexibility index (Phi) is 5.82. The van der Waals surface area contributed by atoms with E-state index in [1.165, 1.54) is 6.08 Å². The lowest BCUT2D eigenvalue weighted by atomic mass is 9.92. The van der Waals surface area contributed by atoms with Crippen molar-refractivity contribution in [3.05, 3.63) is 48.0 Å². The molecule has 2 aliphatic rings. The Labute approximate surface area is 188 Å². The maximum absolute atomic E-state index is 13.2. The monoisotopic (exact) mass is 436 g/mol. The molecule has 4 rings (SSSR count). The van der Waals surface area contributed by atoms with Crippen LogP contribution in [0.4, 0.5) is 11.4 Å². The quantitative estimate of drug-likeness (QED) is 0.700. The second kappa shape index (κ2) is 8.57. The lowest BCUT2D eigenvalue weighted by Crippen LogP contribution is -2.43. The van der Waals surface area contributed by atoms with E-state index >= 15 is 0 Å². The number of hydrogen-bond donors (Lipinski definition) is 1. The van der Waals surface area contributed by atoms with Crippen molar-refractivity contribution >= 4 is 29.3 Å². The largest absolute Gasteiger partial charge is 0.490 e. The molecule has 0 aliphatic carbocycles. The number of rotatable bonds is 5. The summed E-state index contributed by atoms with van der Waals surface area (Å²) in [5.74, 6) is 2.01. The highest BCUT2D eigenvalue weighted by Crippen LogP contribution is 2.38. The summed E-state index contributed by atoms with van der Waals surface area (Å²) < 4.78 is 16.6. The smallest absolute Gasteiger partial charge is 0.248 e. The van der Waals surface area contributed by atoms with Gasteiger partial charge in [-0.15, -0.1) is 0 Å². The topological polar surface area (TPSA) is 77.1 Å². The van der Waals surface area contributed by atoms with E-state index in [0.717, 1.165) is 5.56 Å². The van der Waals surface area contributed by atoms with Crippen LogP contribution in [0.3, 0.4) is 0 Å². The summed E-state index contributed by atoms with van der Waals surface area (Å²) in [6.07, 6.45) is 3.17. The van der Waals surface area contributed by atoms with E-state index in [4.69, 9.17) is 14.2 Å². The van der Waals surface area contributed by atoms with Crippen molar-refractivity contribution in [1.82, 2.24) is 0 Å². The molecule has 0 aromatic heterocycles. The van der Waals surface area contributed by atoms with Crippen molar-refractivity contribution in [3.63, 3.8) is 0 Å². The molecule has 2 aromatic carbocycles. The number of fused-ring (bicyclic) bond motifs is 2. The fourth-order valence-corrected chi connectivity index (χ4v) is 3.64. The number of nitrogens with one attached hydrogen (secondary N) is 1. The molecule has 0 bridgehead atoms. The first-order valence-electron chi connectivity index (χ1n) is 10.7. The zero-order valence-corrected chi connectivity index (χ0v) is 18.8.